The third-order valence-corrected chi connectivity index (χ3v) is 2.75. The van der Waals surface area contributed by atoms with Gasteiger partial charge in [0.25, 0.3) is 0 Å². The summed E-state index contributed by atoms with van der Waals surface area (Å²) >= 11 is 0. The normalized spacial score (nSPS) is 11.3. The molecule has 0 bridgehead atoms. The van der Waals surface area contributed by atoms with Gasteiger partial charge in [0, 0.05) is 6.07 Å². The summed E-state index contributed by atoms with van der Waals surface area (Å²) in [5.74, 6) is -0.208. The molecule has 7 heteroatoms. The van der Waals surface area contributed by atoms with Crippen LogP contribution in [0, 0.1) is 5.82 Å². The van der Waals surface area contributed by atoms with Crippen molar-refractivity contribution < 1.29 is 18.7 Å². The predicted molar refractivity (Wildman–Crippen MR) is 80.2 cm³/mol. The topological polar surface area (TPSA) is 79.4 Å². The summed E-state index contributed by atoms with van der Waals surface area (Å²) in [5, 5.41) is 3.89. The smallest absolute Gasteiger partial charge is 0.435 e. The fourth-order valence-corrected chi connectivity index (χ4v) is 1.94. The van der Waals surface area contributed by atoms with E-state index < -0.39 is 17.5 Å². The zero-order valence-electron chi connectivity index (χ0n) is 12.9. The highest BCUT2D eigenvalue weighted by molar-refractivity contribution is 5.81. The molecule has 0 aliphatic heterocycles. The lowest BCUT2D eigenvalue weighted by molar-refractivity contribution is 0.0518. The number of aromatic nitrogens is 2. The summed E-state index contributed by atoms with van der Waals surface area (Å²) in [6.45, 7) is 5.17. The first kappa shape index (κ1) is 15.8. The van der Waals surface area contributed by atoms with E-state index in [4.69, 9.17) is 15.2 Å². The number of nitrogens with zero attached hydrogens (tertiary/aromatic N) is 2. The van der Waals surface area contributed by atoms with E-state index in [9.17, 15) is 9.18 Å². The molecule has 0 spiro atoms. The monoisotopic (exact) mass is 307 g/mol. The van der Waals surface area contributed by atoms with Crippen molar-refractivity contribution in [2.45, 2.75) is 26.4 Å². The molecule has 2 aromatic rings. The molecule has 2 rings (SSSR count). The van der Waals surface area contributed by atoms with Gasteiger partial charge < -0.3 is 15.2 Å². The molecule has 0 aliphatic rings. The van der Waals surface area contributed by atoms with Crippen LogP contribution in [-0.4, -0.2) is 28.6 Å². The zero-order chi connectivity index (χ0) is 16.5. The number of methoxy groups -OCH3 is 1. The van der Waals surface area contributed by atoms with Gasteiger partial charge >= 0.3 is 6.09 Å². The zero-order valence-corrected chi connectivity index (χ0v) is 12.9. The Morgan fingerprint density at radius 1 is 1.36 bits per heavy atom. The average Bonchev–Trinajstić information content (AvgIpc) is 2.78. The van der Waals surface area contributed by atoms with Gasteiger partial charge in [-0.15, -0.1) is 5.10 Å². The Hall–Kier alpha value is -2.57. The quantitative estimate of drug-likeness (QED) is 0.922. The number of benzene rings is 1. The highest BCUT2D eigenvalue weighted by Crippen LogP contribution is 2.33. The lowest BCUT2D eigenvalue weighted by Crippen LogP contribution is -2.28. The largest absolute Gasteiger partial charge is 0.496 e. The van der Waals surface area contributed by atoms with Crippen LogP contribution in [0.1, 0.15) is 20.8 Å². The van der Waals surface area contributed by atoms with Crippen molar-refractivity contribution in [1.82, 2.24) is 9.78 Å². The molecule has 0 saturated heterocycles. The molecular weight excluding hydrogens is 289 g/mol. The van der Waals surface area contributed by atoms with E-state index in [2.05, 4.69) is 5.10 Å². The second-order valence-corrected chi connectivity index (χ2v) is 5.66. The molecule has 0 unspecified atom stereocenters. The van der Waals surface area contributed by atoms with E-state index in [1.54, 1.807) is 26.8 Å². The molecule has 118 valence electrons. The van der Waals surface area contributed by atoms with E-state index in [0.29, 0.717) is 0 Å². The van der Waals surface area contributed by atoms with Crippen LogP contribution < -0.4 is 10.5 Å². The number of carbonyl (C=O) groups is 1. The van der Waals surface area contributed by atoms with E-state index in [0.717, 1.165) is 4.68 Å². The molecule has 1 aromatic carbocycles. The number of rotatable bonds is 2. The Bertz CT molecular complexity index is 705. The maximum absolute atomic E-state index is 14.2. The van der Waals surface area contributed by atoms with Crippen LogP contribution in [0.4, 0.5) is 15.0 Å². The van der Waals surface area contributed by atoms with Crippen LogP contribution in [0.2, 0.25) is 0 Å². The fourth-order valence-electron chi connectivity index (χ4n) is 1.94. The minimum Gasteiger partial charge on any atom is -0.496 e. The van der Waals surface area contributed by atoms with Crippen LogP contribution >= 0.6 is 0 Å². The van der Waals surface area contributed by atoms with E-state index >= 15 is 0 Å². The van der Waals surface area contributed by atoms with Crippen LogP contribution in [-0.2, 0) is 4.74 Å². The number of hydrogen-bond acceptors (Lipinski definition) is 5. The number of hydrogen-bond donors (Lipinski definition) is 1. The number of carbonyl (C=O) groups excluding carboxylic acids is 1. The second-order valence-electron chi connectivity index (χ2n) is 5.66. The molecule has 0 aliphatic carbocycles. The van der Waals surface area contributed by atoms with Gasteiger partial charge in [-0.25, -0.2) is 9.18 Å². The summed E-state index contributed by atoms with van der Waals surface area (Å²) in [7, 11) is 1.41. The van der Waals surface area contributed by atoms with Gasteiger partial charge in [0.15, 0.2) is 0 Å². The summed E-state index contributed by atoms with van der Waals surface area (Å²) in [5.41, 5.74) is 5.21. The van der Waals surface area contributed by atoms with E-state index in [1.165, 1.54) is 25.3 Å². The van der Waals surface area contributed by atoms with Crippen LogP contribution in [0.25, 0.3) is 11.3 Å². The van der Waals surface area contributed by atoms with Crippen molar-refractivity contribution in [3.05, 3.63) is 30.1 Å². The molecule has 0 fully saturated rings. The SMILES string of the molecule is COc1cccc(F)c1-c1cc(N)nn1C(=O)OC(C)(C)C. The second kappa shape index (κ2) is 5.67. The number of ether oxygens (including phenoxy) is 2. The molecular formula is C15H18FN3O3. The highest BCUT2D eigenvalue weighted by atomic mass is 19.1. The summed E-state index contributed by atoms with van der Waals surface area (Å²) in [6, 6.07) is 5.75. The molecule has 0 saturated carbocycles. The average molecular weight is 307 g/mol. The molecule has 22 heavy (non-hydrogen) atoms. The van der Waals surface area contributed by atoms with Crippen molar-refractivity contribution >= 4 is 11.9 Å². The van der Waals surface area contributed by atoms with Crippen molar-refractivity contribution in [1.29, 1.82) is 0 Å². The Kier molecular flexibility index (Phi) is 4.07. The minimum atomic E-state index is -0.746. The predicted octanol–water partition coefficient (Wildman–Crippen LogP) is 3.06. The van der Waals surface area contributed by atoms with Gasteiger partial charge in [-0.1, -0.05) is 6.07 Å². The molecule has 6 nitrogen and oxygen atoms in total. The van der Waals surface area contributed by atoms with E-state index in [-0.39, 0.29) is 22.8 Å². The molecule has 0 radical (unpaired) electrons. The number of anilines is 1. The fraction of sp³-hybridized carbons (Fsp3) is 0.333. The Morgan fingerprint density at radius 2 is 2.05 bits per heavy atom. The Balaban J connectivity index is 2.57. The van der Waals surface area contributed by atoms with Crippen LogP contribution in [0.5, 0.6) is 5.75 Å². The van der Waals surface area contributed by atoms with Gasteiger partial charge in [0.05, 0.1) is 18.4 Å². The third-order valence-electron chi connectivity index (χ3n) is 2.75. The van der Waals surface area contributed by atoms with Crippen molar-refractivity contribution in [2.75, 3.05) is 12.8 Å². The Morgan fingerprint density at radius 3 is 2.64 bits per heavy atom. The minimum absolute atomic E-state index is 0.0752. The number of nitrogens with two attached hydrogens (primary N) is 1. The molecule has 2 N–H and O–H groups in total. The van der Waals surface area contributed by atoms with E-state index in [1.807, 2.05) is 0 Å². The highest BCUT2D eigenvalue weighted by Gasteiger charge is 2.25. The van der Waals surface area contributed by atoms with Gasteiger partial charge in [0.1, 0.15) is 23.0 Å². The van der Waals surface area contributed by atoms with Crippen LogP contribution in [0.3, 0.4) is 0 Å². The van der Waals surface area contributed by atoms with Crippen molar-refractivity contribution in [3.63, 3.8) is 0 Å². The molecule has 1 aromatic heterocycles. The number of halogens is 1. The number of nitrogen functional groups attached to an aromatic ring is 1. The van der Waals surface area contributed by atoms with Crippen molar-refractivity contribution in [2.24, 2.45) is 0 Å². The first-order chi connectivity index (χ1) is 10.2. The maximum Gasteiger partial charge on any atom is 0.435 e. The standard InChI is InChI=1S/C15H18FN3O3/c1-15(2,3)22-14(20)19-10(8-12(17)18-19)13-9(16)6-5-7-11(13)21-4/h5-8H,1-4H3,(H2,17,18). The Labute approximate surface area is 127 Å². The molecule has 0 atom stereocenters. The first-order valence-electron chi connectivity index (χ1n) is 6.64. The lowest BCUT2D eigenvalue weighted by Gasteiger charge is -2.20. The summed E-state index contributed by atoms with van der Waals surface area (Å²) < 4.78 is 25.5. The molecule has 1 heterocycles. The third kappa shape index (κ3) is 3.19. The lowest BCUT2D eigenvalue weighted by atomic mass is 10.1. The molecule has 0 amide bonds. The van der Waals surface area contributed by atoms with Crippen LogP contribution in [0.15, 0.2) is 24.3 Å². The van der Waals surface area contributed by atoms with Gasteiger partial charge in [-0.2, -0.15) is 4.68 Å². The summed E-state index contributed by atoms with van der Waals surface area (Å²) in [6.07, 6.45) is -0.746. The maximum atomic E-state index is 14.2. The van der Waals surface area contributed by atoms with Crippen molar-refractivity contribution in [3.8, 4) is 17.0 Å². The van der Waals surface area contributed by atoms with Gasteiger partial charge in [-0.05, 0) is 32.9 Å². The van der Waals surface area contributed by atoms with Gasteiger partial charge in [0.2, 0.25) is 0 Å². The first-order valence-corrected chi connectivity index (χ1v) is 6.64. The summed E-state index contributed by atoms with van der Waals surface area (Å²) in [4.78, 5) is 12.2. The van der Waals surface area contributed by atoms with Gasteiger partial charge in [-0.3, -0.25) is 0 Å².